The Morgan fingerprint density at radius 1 is 1.03 bits per heavy atom. The van der Waals surface area contributed by atoms with E-state index in [1.807, 2.05) is 61.5 Å². The molecule has 2 heterocycles. The van der Waals surface area contributed by atoms with Gasteiger partial charge >= 0.3 is 5.97 Å². The Morgan fingerprint density at radius 3 is 2.47 bits per heavy atom. The zero-order valence-corrected chi connectivity index (χ0v) is 17.2. The van der Waals surface area contributed by atoms with Crippen LogP contribution in [0, 0.1) is 6.92 Å². The van der Waals surface area contributed by atoms with Gasteiger partial charge < -0.3 is 15.8 Å². The number of nitrogens with one attached hydrogen (secondary N) is 1. The summed E-state index contributed by atoms with van der Waals surface area (Å²) in [5.41, 5.74) is 8.97. The minimum atomic E-state index is -0.831. The molecular formula is C23H20N6O3. The third-order valence-corrected chi connectivity index (χ3v) is 4.58. The largest absolute Gasteiger partial charge is 0.451 e. The summed E-state index contributed by atoms with van der Waals surface area (Å²) in [5, 5.41) is 7.40. The monoisotopic (exact) mass is 428 g/mol. The number of nitrogens with zero attached hydrogens (tertiary/aromatic N) is 4. The van der Waals surface area contributed by atoms with Crippen LogP contribution in [0.1, 0.15) is 16.1 Å². The molecule has 0 spiro atoms. The number of hydrogen-bond donors (Lipinski definition) is 2. The second-order valence-electron chi connectivity index (χ2n) is 6.94. The number of amides is 1. The zero-order valence-electron chi connectivity index (χ0n) is 17.2. The van der Waals surface area contributed by atoms with E-state index in [-0.39, 0.29) is 11.5 Å². The molecule has 0 saturated heterocycles. The maximum atomic E-state index is 12.5. The Labute approximate surface area is 183 Å². The molecular weight excluding hydrogens is 408 g/mol. The second kappa shape index (κ2) is 9.09. The summed E-state index contributed by atoms with van der Waals surface area (Å²) in [7, 11) is 0. The summed E-state index contributed by atoms with van der Waals surface area (Å²) in [6.07, 6.45) is 2.67. The van der Waals surface area contributed by atoms with E-state index in [1.54, 1.807) is 10.7 Å². The molecule has 4 aromatic rings. The highest BCUT2D eigenvalue weighted by Crippen LogP contribution is 2.25. The third-order valence-electron chi connectivity index (χ3n) is 4.58. The first-order chi connectivity index (χ1) is 15.5. The maximum Gasteiger partial charge on any atom is 0.361 e. The minimum absolute atomic E-state index is 0.0669. The zero-order chi connectivity index (χ0) is 22.5. The lowest BCUT2D eigenvalue weighted by molar-refractivity contribution is -0.119. The average Bonchev–Trinajstić information content (AvgIpc) is 3.22. The quantitative estimate of drug-likeness (QED) is 0.452. The van der Waals surface area contributed by atoms with Crippen molar-refractivity contribution in [3.63, 3.8) is 0 Å². The molecule has 0 aliphatic rings. The molecule has 2 aromatic carbocycles. The highest BCUT2D eigenvalue weighted by Gasteiger charge is 2.18. The normalized spacial score (nSPS) is 10.5. The number of aryl methyl sites for hydroxylation is 1. The van der Waals surface area contributed by atoms with E-state index in [0.717, 1.165) is 16.8 Å². The molecule has 3 N–H and O–H groups in total. The van der Waals surface area contributed by atoms with Crippen LogP contribution in [0.3, 0.4) is 0 Å². The SMILES string of the molecule is Cc1ccc(-c2cc(NC(=O)COC(=O)c3nccnc3N)n(-c3ccccc3)n2)cc1. The molecule has 0 unspecified atom stereocenters. The van der Waals surface area contributed by atoms with E-state index in [9.17, 15) is 9.59 Å². The Bertz CT molecular complexity index is 1250. The fourth-order valence-electron chi connectivity index (χ4n) is 2.99. The van der Waals surface area contributed by atoms with Crippen molar-refractivity contribution >= 4 is 23.5 Å². The maximum absolute atomic E-state index is 12.5. The molecule has 160 valence electrons. The summed E-state index contributed by atoms with van der Waals surface area (Å²) >= 11 is 0. The van der Waals surface area contributed by atoms with Crippen LogP contribution in [-0.4, -0.2) is 38.2 Å². The van der Waals surface area contributed by atoms with Crippen molar-refractivity contribution in [3.8, 4) is 16.9 Å². The third kappa shape index (κ3) is 4.62. The molecule has 0 atom stereocenters. The van der Waals surface area contributed by atoms with Crippen LogP contribution in [0.2, 0.25) is 0 Å². The fraction of sp³-hybridized carbons (Fsp3) is 0.0870. The van der Waals surface area contributed by atoms with Crippen LogP contribution in [0.4, 0.5) is 11.6 Å². The van der Waals surface area contributed by atoms with Crippen molar-refractivity contribution in [1.29, 1.82) is 0 Å². The van der Waals surface area contributed by atoms with Crippen LogP contribution in [0.25, 0.3) is 16.9 Å². The predicted molar refractivity (Wildman–Crippen MR) is 119 cm³/mol. The number of carbonyl (C=O) groups excluding carboxylic acids is 2. The number of rotatable bonds is 6. The molecule has 2 aromatic heterocycles. The molecule has 9 heteroatoms. The summed E-state index contributed by atoms with van der Waals surface area (Å²) in [6.45, 7) is 1.49. The summed E-state index contributed by atoms with van der Waals surface area (Å²) in [4.78, 5) is 32.2. The number of nitrogens with two attached hydrogens (primary N) is 1. The number of esters is 1. The first-order valence-electron chi connectivity index (χ1n) is 9.77. The number of benzene rings is 2. The number of nitrogen functional groups attached to an aromatic ring is 1. The van der Waals surface area contributed by atoms with Crippen molar-refractivity contribution in [2.45, 2.75) is 6.92 Å². The Morgan fingerprint density at radius 2 is 1.75 bits per heavy atom. The van der Waals surface area contributed by atoms with Crippen molar-refractivity contribution in [1.82, 2.24) is 19.7 Å². The lowest BCUT2D eigenvalue weighted by atomic mass is 10.1. The van der Waals surface area contributed by atoms with Crippen LogP contribution < -0.4 is 11.1 Å². The van der Waals surface area contributed by atoms with Crippen LogP contribution in [0.5, 0.6) is 0 Å². The number of ether oxygens (including phenoxy) is 1. The standard InChI is InChI=1S/C23H20N6O3/c1-15-7-9-16(10-8-15)18-13-19(29(28-18)17-5-3-2-4-6-17)27-20(30)14-32-23(31)21-22(24)26-12-11-25-21/h2-13H,14H2,1H3,(H2,24,26)(H,27,30). The first-order valence-corrected chi connectivity index (χ1v) is 9.77. The molecule has 9 nitrogen and oxygen atoms in total. The van der Waals surface area contributed by atoms with Gasteiger partial charge in [0.25, 0.3) is 5.91 Å². The van der Waals surface area contributed by atoms with Crippen molar-refractivity contribution in [3.05, 3.63) is 84.3 Å². The Kier molecular flexibility index (Phi) is 5.89. The first kappa shape index (κ1) is 20.7. The molecule has 0 aliphatic carbocycles. The van der Waals surface area contributed by atoms with Gasteiger partial charge in [-0.2, -0.15) is 5.10 Å². The molecule has 32 heavy (non-hydrogen) atoms. The topological polar surface area (TPSA) is 125 Å². The van der Waals surface area contributed by atoms with Gasteiger partial charge in [0.15, 0.2) is 18.1 Å². The molecule has 0 fully saturated rings. The molecule has 4 rings (SSSR count). The summed E-state index contributed by atoms with van der Waals surface area (Å²) < 4.78 is 6.65. The smallest absolute Gasteiger partial charge is 0.361 e. The lowest BCUT2D eigenvalue weighted by Gasteiger charge is -2.09. The van der Waals surface area contributed by atoms with Gasteiger partial charge in [-0.25, -0.2) is 19.4 Å². The van der Waals surface area contributed by atoms with E-state index < -0.39 is 18.5 Å². The van der Waals surface area contributed by atoms with E-state index in [4.69, 9.17) is 10.5 Å². The van der Waals surface area contributed by atoms with Crippen LogP contribution >= 0.6 is 0 Å². The molecule has 0 aliphatic heterocycles. The number of hydrogen-bond acceptors (Lipinski definition) is 7. The van der Waals surface area contributed by atoms with Gasteiger partial charge in [-0.3, -0.25) is 4.79 Å². The highest BCUT2D eigenvalue weighted by molar-refractivity contribution is 5.96. The van der Waals surface area contributed by atoms with Crippen LogP contribution in [0.15, 0.2) is 73.1 Å². The molecule has 0 radical (unpaired) electrons. The second-order valence-corrected chi connectivity index (χ2v) is 6.94. The molecule has 1 amide bonds. The number of anilines is 2. The van der Waals surface area contributed by atoms with Crippen LogP contribution in [-0.2, 0) is 9.53 Å². The van der Waals surface area contributed by atoms with Gasteiger partial charge in [0.2, 0.25) is 0 Å². The number of para-hydroxylation sites is 1. The van der Waals surface area contributed by atoms with Gasteiger partial charge in [-0.05, 0) is 19.1 Å². The van der Waals surface area contributed by atoms with E-state index in [1.165, 1.54) is 12.4 Å². The van der Waals surface area contributed by atoms with Gasteiger partial charge in [0.1, 0.15) is 5.82 Å². The summed E-state index contributed by atoms with van der Waals surface area (Å²) in [5.74, 6) is -0.995. The van der Waals surface area contributed by atoms with Gasteiger partial charge in [-0.15, -0.1) is 0 Å². The number of aromatic nitrogens is 4. The summed E-state index contributed by atoms with van der Waals surface area (Å²) in [6, 6.07) is 19.1. The Hall–Kier alpha value is -4.53. The van der Waals surface area contributed by atoms with E-state index >= 15 is 0 Å². The van der Waals surface area contributed by atoms with Crippen molar-refractivity contribution in [2.24, 2.45) is 0 Å². The predicted octanol–water partition coefficient (Wildman–Crippen LogP) is 3.02. The van der Waals surface area contributed by atoms with Crippen molar-refractivity contribution < 1.29 is 14.3 Å². The molecule has 0 saturated carbocycles. The minimum Gasteiger partial charge on any atom is -0.451 e. The van der Waals surface area contributed by atoms with E-state index in [0.29, 0.717) is 11.5 Å². The van der Waals surface area contributed by atoms with Gasteiger partial charge in [0.05, 0.1) is 11.4 Å². The Balaban J connectivity index is 1.54. The van der Waals surface area contributed by atoms with Crippen molar-refractivity contribution in [2.75, 3.05) is 17.7 Å². The van der Waals surface area contributed by atoms with Gasteiger partial charge in [-0.1, -0.05) is 48.0 Å². The van der Waals surface area contributed by atoms with E-state index in [2.05, 4.69) is 20.4 Å². The lowest BCUT2D eigenvalue weighted by Crippen LogP contribution is -2.23. The number of carbonyl (C=O) groups is 2. The van der Waals surface area contributed by atoms with Gasteiger partial charge in [0, 0.05) is 24.0 Å². The average molecular weight is 428 g/mol. The fourth-order valence-corrected chi connectivity index (χ4v) is 2.99. The molecule has 0 bridgehead atoms. The highest BCUT2D eigenvalue weighted by atomic mass is 16.5.